The predicted molar refractivity (Wildman–Crippen MR) is 36.4 cm³/mol. The summed E-state index contributed by atoms with van der Waals surface area (Å²) < 4.78 is 59.4. The molecule has 0 aromatic rings. The zero-order valence-electron chi connectivity index (χ0n) is 5.98. The summed E-state index contributed by atoms with van der Waals surface area (Å²) in [5, 5.41) is 2.89. The minimum absolute atomic E-state index is 0. The van der Waals surface area contributed by atoms with Gasteiger partial charge in [-0.15, -0.1) is 0 Å². The fraction of sp³-hybridized carbons (Fsp3) is 0. The Kier molecular flexibility index (Phi) is 8.68. The molecule has 0 bridgehead atoms. The SMILES string of the molecule is N.N.O=S(=O)(O)OOOS(=O)(=O)O. The monoisotopic (exact) mass is 244 g/mol. The standard InChI is InChI=1S/2H3N.H2O9S2/c;;1-10(2,3)8-7-9-11(4,5)6/h2*1H3;(H,1,2,3)(H,4,5,6). The van der Waals surface area contributed by atoms with Crippen LogP contribution >= 0.6 is 0 Å². The normalized spacial score (nSPS) is 11.2. The molecule has 0 unspecified atom stereocenters. The average molecular weight is 244 g/mol. The number of hydrogen-bond acceptors (Lipinski definition) is 9. The van der Waals surface area contributed by atoms with Crippen LogP contribution in [0.2, 0.25) is 0 Å². The second-order valence-electron chi connectivity index (χ2n) is 1.06. The Balaban J connectivity index is -0.000000500. The van der Waals surface area contributed by atoms with Gasteiger partial charge in [-0.05, 0) is 5.04 Å². The van der Waals surface area contributed by atoms with Crippen molar-refractivity contribution < 1.29 is 39.6 Å². The van der Waals surface area contributed by atoms with Crippen molar-refractivity contribution in [3.05, 3.63) is 0 Å². The van der Waals surface area contributed by atoms with E-state index in [0.29, 0.717) is 0 Å². The fourth-order valence-corrected chi connectivity index (χ4v) is 0.313. The van der Waals surface area contributed by atoms with Gasteiger partial charge in [0.1, 0.15) is 0 Å². The van der Waals surface area contributed by atoms with Gasteiger partial charge in [-0.25, -0.2) is 0 Å². The molecule has 0 saturated heterocycles. The topological polar surface area (TPSA) is 206 Å². The second-order valence-corrected chi connectivity index (χ2v) is 3.04. The van der Waals surface area contributed by atoms with Crippen molar-refractivity contribution in [1.29, 1.82) is 0 Å². The molecule has 0 aromatic heterocycles. The molecule has 13 heteroatoms. The molecule has 0 heterocycles. The maximum absolute atomic E-state index is 9.57. The summed E-state index contributed by atoms with van der Waals surface area (Å²) in [6.07, 6.45) is 0. The molecule has 0 aliphatic heterocycles. The van der Waals surface area contributed by atoms with E-state index < -0.39 is 20.8 Å². The van der Waals surface area contributed by atoms with Gasteiger partial charge in [0.05, 0.1) is 0 Å². The van der Waals surface area contributed by atoms with Gasteiger partial charge < -0.3 is 12.3 Å². The van der Waals surface area contributed by atoms with Crippen LogP contribution < -0.4 is 12.3 Å². The Morgan fingerprint density at radius 2 is 1.00 bits per heavy atom. The van der Waals surface area contributed by atoms with Crippen molar-refractivity contribution in [2.75, 3.05) is 0 Å². The highest BCUT2D eigenvalue weighted by Gasteiger charge is 2.11. The predicted octanol–water partition coefficient (Wildman–Crippen LogP) is -1.20. The molecule has 11 nitrogen and oxygen atoms in total. The van der Waals surface area contributed by atoms with Crippen molar-refractivity contribution in [3.63, 3.8) is 0 Å². The average Bonchev–Trinajstić information content (AvgIpc) is 1.55. The van der Waals surface area contributed by atoms with Crippen molar-refractivity contribution in [1.82, 2.24) is 12.3 Å². The number of hydrogen-bond donors (Lipinski definition) is 4. The Morgan fingerprint density at radius 1 is 0.769 bits per heavy atom. The third-order valence-corrected chi connectivity index (χ3v) is 0.683. The third kappa shape index (κ3) is 18.5. The van der Waals surface area contributed by atoms with Crippen molar-refractivity contribution in [2.45, 2.75) is 0 Å². The quantitative estimate of drug-likeness (QED) is 0.262. The smallest absolute Gasteiger partial charge is 0.344 e. The van der Waals surface area contributed by atoms with E-state index in [0.717, 1.165) is 0 Å². The van der Waals surface area contributed by atoms with E-state index in [1.807, 2.05) is 0 Å². The lowest BCUT2D eigenvalue weighted by atomic mass is 14.0. The van der Waals surface area contributed by atoms with Crippen LogP contribution in [0.5, 0.6) is 0 Å². The van der Waals surface area contributed by atoms with Gasteiger partial charge in [-0.3, -0.25) is 9.11 Å². The van der Waals surface area contributed by atoms with E-state index in [1.54, 1.807) is 0 Å². The van der Waals surface area contributed by atoms with Gasteiger partial charge >= 0.3 is 20.8 Å². The highest BCUT2D eigenvalue weighted by atomic mass is 32.3. The summed E-state index contributed by atoms with van der Waals surface area (Å²) in [5.41, 5.74) is 0. The lowest BCUT2D eigenvalue weighted by Gasteiger charge is -1.93. The van der Waals surface area contributed by atoms with Crippen LogP contribution in [-0.2, 0) is 34.5 Å². The minimum Gasteiger partial charge on any atom is -0.344 e. The summed E-state index contributed by atoms with van der Waals surface area (Å²) in [6.45, 7) is 0. The molecule has 0 aliphatic carbocycles. The summed E-state index contributed by atoms with van der Waals surface area (Å²) in [5.74, 6) is 0. The van der Waals surface area contributed by atoms with Crippen molar-refractivity contribution in [2.24, 2.45) is 0 Å². The zero-order valence-corrected chi connectivity index (χ0v) is 7.62. The third-order valence-electron chi connectivity index (χ3n) is 0.228. The molecule has 13 heavy (non-hydrogen) atoms. The van der Waals surface area contributed by atoms with Gasteiger partial charge in [-0.2, -0.15) is 16.8 Å². The highest BCUT2D eigenvalue weighted by Crippen LogP contribution is 1.92. The summed E-state index contributed by atoms with van der Waals surface area (Å²) in [4.78, 5) is 0. The van der Waals surface area contributed by atoms with E-state index in [2.05, 4.69) is 13.7 Å². The molecule has 0 spiro atoms. The summed E-state index contributed by atoms with van der Waals surface area (Å²) in [7, 11) is -9.94. The van der Waals surface area contributed by atoms with E-state index in [4.69, 9.17) is 9.11 Å². The molecule has 0 saturated carbocycles. The van der Waals surface area contributed by atoms with Gasteiger partial charge in [0.25, 0.3) is 0 Å². The molecular weight excluding hydrogens is 236 g/mol. The van der Waals surface area contributed by atoms with Gasteiger partial charge in [-0.1, -0.05) is 8.67 Å². The molecule has 0 radical (unpaired) electrons. The highest BCUT2D eigenvalue weighted by molar-refractivity contribution is 7.81. The summed E-state index contributed by atoms with van der Waals surface area (Å²) >= 11 is 0. The van der Waals surface area contributed by atoms with E-state index >= 15 is 0 Å². The van der Waals surface area contributed by atoms with Crippen LogP contribution in [0, 0.1) is 0 Å². The van der Waals surface area contributed by atoms with Gasteiger partial charge in [0.2, 0.25) is 0 Å². The molecule has 0 fully saturated rings. The van der Waals surface area contributed by atoms with E-state index in [-0.39, 0.29) is 12.3 Å². The van der Waals surface area contributed by atoms with Crippen LogP contribution in [0.4, 0.5) is 0 Å². The van der Waals surface area contributed by atoms with Crippen molar-refractivity contribution >= 4 is 20.8 Å². The molecule has 8 N–H and O–H groups in total. The van der Waals surface area contributed by atoms with Crippen LogP contribution in [0.1, 0.15) is 0 Å². The first-order chi connectivity index (χ1) is 4.71. The first-order valence-corrected chi connectivity index (χ1v) is 4.43. The molecule has 0 atom stereocenters. The molecule has 0 aromatic carbocycles. The Labute approximate surface area is 73.5 Å². The van der Waals surface area contributed by atoms with Crippen LogP contribution in [-0.4, -0.2) is 25.9 Å². The molecule has 0 aliphatic rings. The maximum atomic E-state index is 9.57. The Morgan fingerprint density at radius 3 is 1.15 bits per heavy atom. The first-order valence-electron chi connectivity index (χ1n) is 1.70. The van der Waals surface area contributed by atoms with Crippen LogP contribution in [0.25, 0.3) is 0 Å². The molecule has 0 rings (SSSR count). The van der Waals surface area contributed by atoms with Crippen LogP contribution in [0.15, 0.2) is 0 Å². The maximum Gasteiger partial charge on any atom is 0.426 e. The molecular formula is H8N2O9S2. The van der Waals surface area contributed by atoms with E-state index in [1.165, 1.54) is 0 Å². The van der Waals surface area contributed by atoms with Crippen LogP contribution in [0.3, 0.4) is 0 Å². The lowest BCUT2D eigenvalue weighted by molar-refractivity contribution is -0.412. The summed E-state index contributed by atoms with van der Waals surface area (Å²) in [6, 6.07) is 0. The fourth-order valence-electron chi connectivity index (χ4n) is 0.0815. The van der Waals surface area contributed by atoms with E-state index in [9.17, 15) is 16.8 Å². The zero-order chi connectivity index (χ0) is 9.12. The molecule has 84 valence electrons. The largest absolute Gasteiger partial charge is 0.426 e. The van der Waals surface area contributed by atoms with Crippen molar-refractivity contribution in [3.8, 4) is 0 Å². The Bertz CT molecular complexity index is 265. The van der Waals surface area contributed by atoms with Gasteiger partial charge in [0, 0.05) is 0 Å². The molecule has 0 amide bonds. The number of rotatable bonds is 4. The van der Waals surface area contributed by atoms with Gasteiger partial charge in [0.15, 0.2) is 0 Å². The first kappa shape index (κ1) is 18.4. The lowest BCUT2D eigenvalue weighted by Crippen LogP contribution is -2.09. The Hall–Kier alpha value is -0.380. The minimum atomic E-state index is -4.97. The second kappa shape index (κ2) is 6.13.